The van der Waals surface area contributed by atoms with Gasteiger partial charge >= 0.3 is 0 Å². The summed E-state index contributed by atoms with van der Waals surface area (Å²) in [4.78, 5) is 1.53. The van der Waals surface area contributed by atoms with E-state index in [-0.39, 0.29) is 6.04 Å². The summed E-state index contributed by atoms with van der Waals surface area (Å²) in [7, 11) is 0. The second kappa shape index (κ2) is 4.19. The fourth-order valence-electron chi connectivity index (χ4n) is 1.61. The first-order chi connectivity index (χ1) is 8.72. The molecule has 3 rings (SSSR count). The molecule has 0 spiro atoms. The molecule has 2 N–H and O–H groups in total. The van der Waals surface area contributed by atoms with Crippen molar-refractivity contribution in [2.45, 2.75) is 19.5 Å². The quantitative estimate of drug-likeness (QED) is 0.734. The maximum Gasteiger partial charge on any atom is 0.239 e. The highest BCUT2D eigenvalue weighted by Crippen LogP contribution is 2.10. The lowest BCUT2D eigenvalue weighted by atomic mass is 10.3. The number of nitrogens with zero attached hydrogens (tertiary/aromatic N) is 5. The maximum atomic E-state index is 5.65. The summed E-state index contributed by atoms with van der Waals surface area (Å²) in [5, 5.41) is 16.4. The van der Waals surface area contributed by atoms with Crippen molar-refractivity contribution in [3.05, 3.63) is 36.0 Å². The minimum atomic E-state index is -0.268. The predicted octanol–water partition coefficient (Wildman–Crippen LogP) is 0.882. The average Bonchev–Trinajstić information content (AvgIpc) is 2.94. The monoisotopic (exact) mass is 244 g/mol. The molecular formula is C11H12N6O. The molecule has 2 aromatic heterocycles. The molecule has 0 radical (unpaired) electrons. The molecule has 1 aromatic carbocycles. The lowest BCUT2D eigenvalue weighted by molar-refractivity contribution is 0.402. The molecule has 0 saturated carbocycles. The van der Waals surface area contributed by atoms with Crippen LogP contribution in [0.1, 0.15) is 24.7 Å². The van der Waals surface area contributed by atoms with Crippen LogP contribution in [0.25, 0.3) is 11.0 Å². The van der Waals surface area contributed by atoms with Crippen LogP contribution in [0.15, 0.2) is 28.7 Å². The molecule has 7 nitrogen and oxygen atoms in total. The highest BCUT2D eigenvalue weighted by atomic mass is 16.4. The zero-order chi connectivity index (χ0) is 12.5. The molecule has 0 aliphatic heterocycles. The zero-order valence-corrected chi connectivity index (χ0v) is 9.82. The number of hydrogen-bond acceptors (Lipinski definition) is 6. The normalized spacial score (nSPS) is 13.0. The van der Waals surface area contributed by atoms with Crippen LogP contribution >= 0.6 is 0 Å². The third kappa shape index (κ3) is 1.95. The highest BCUT2D eigenvalue weighted by molar-refractivity contribution is 5.72. The second-order valence-electron chi connectivity index (χ2n) is 4.04. The van der Waals surface area contributed by atoms with Crippen molar-refractivity contribution in [1.82, 2.24) is 25.2 Å². The van der Waals surface area contributed by atoms with Gasteiger partial charge in [-0.15, -0.1) is 10.2 Å². The van der Waals surface area contributed by atoms with E-state index >= 15 is 0 Å². The smallest absolute Gasteiger partial charge is 0.239 e. The van der Waals surface area contributed by atoms with Crippen molar-refractivity contribution in [2.75, 3.05) is 0 Å². The Balaban J connectivity index is 1.86. The van der Waals surface area contributed by atoms with Crippen molar-refractivity contribution in [1.29, 1.82) is 0 Å². The number of aromatic nitrogens is 5. The van der Waals surface area contributed by atoms with Gasteiger partial charge in [-0.25, -0.2) is 0 Å². The second-order valence-corrected chi connectivity index (χ2v) is 4.04. The van der Waals surface area contributed by atoms with E-state index in [9.17, 15) is 0 Å². The van der Waals surface area contributed by atoms with Gasteiger partial charge in [0.25, 0.3) is 0 Å². The van der Waals surface area contributed by atoms with Gasteiger partial charge in [-0.2, -0.15) is 15.0 Å². The van der Waals surface area contributed by atoms with Crippen molar-refractivity contribution in [3.63, 3.8) is 0 Å². The standard InChI is InChI=1S/C11H12N6O/c1-7(12)11-14-13-10(18-11)6-17-15-8-4-2-3-5-9(8)16-17/h2-5,7H,6,12H2,1H3. The Labute approximate surface area is 103 Å². The largest absolute Gasteiger partial charge is 0.421 e. The summed E-state index contributed by atoms with van der Waals surface area (Å²) in [6.07, 6.45) is 0. The van der Waals surface area contributed by atoms with Gasteiger partial charge in [0.05, 0.1) is 6.04 Å². The molecule has 18 heavy (non-hydrogen) atoms. The number of fused-ring (bicyclic) bond motifs is 1. The number of hydrogen-bond donors (Lipinski definition) is 1. The van der Waals surface area contributed by atoms with Gasteiger partial charge in [-0.05, 0) is 19.1 Å². The molecule has 0 aliphatic carbocycles. The molecule has 0 bridgehead atoms. The Morgan fingerprint density at radius 1 is 1.22 bits per heavy atom. The van der Waals surface area contributed by atoms with Gasteiger partial charge in [0.15, 0.2) is 0 Å². The lowest BCUT2D eigenvalue weighted by Crippen LogP contribution is -2.05. The Bertz CT molecular complexity index is 638. The summed E-state index contributed by atoms with van der Waals surface area (Å²) in [6.45, 7) is 2.13. The summed E-state index contributed by atoms with van der Waals surface area (Å²) < 4.78 is 5.40. The first-order valence-electron chi connectivity index (χ1n) is 5.60. The predicted molar refractivity (Wildman–Crippen MR) is 63.5 cm³/mol. The van der Waals surface area contributed by atoms with E-state index in [1.807, 2.05) is 24.3 Å². The summed E-state index contributed by atoms with van der Waals surface area (Å²) in [6, 6.07) is 7.38. The lowest BCUT2D eigenvalue weighted by Gasteiger charge is -1.95. The van der Waals surface area contributed by atoms with E-state index in [0.717, 1.165) is 11.0 Å². The molecule has 2 heterocycles. The summed E-state index contributed by atoms with van der Waals surface area (Å²) in [5.74, 6) is 0.865. The molecule has 0 aliphatic rings. The summed E-state index contributed by atoms with van der Waals surface area (Å²) >= 11 is 0. The van der Waals surface area contributed by atoms with E-state index in [2.05, 4.69) is 20.4 Å². The third-order valence-corrected chi connectivity index (χ3v) is 2.48. The zero-order valence-electron chi connectivity index (χ0n) is 9.82. The molecule has 7 heteroatoms. The van der Waals surface area contributed by atoms with Crippen LogP contribution in [-0.4, -0.2) is 25.2 Å². The number of rotatable bonds is 3. The van der Waals surface area contributed by atoms with Crippen molar-refractivity contribution >= 4 is 11.0 Å². The van der Waals surface area contributed by atoms with E-state index in [1.54, 1.807) is 6.92 Å². The van der Waals surface area contributed by atoms with Crippen LogP contribution in [0.4, 0.5) is 0 Å². The summed E-state index contributed by atoms with van der Waals surface area (Å²) in [5.41, 5.74) is 7.32. The van der Waals surface area contributed by atoms with Gasteiger partial charge in [-0.3, -0.25) is 0 Å². The maximum absolute atomic E-state index is 5.65. The van der Waals surface area contributed by atoms with Crippen LogP contribution in [0.5, 0.6) is 0 Å². The van der Waals surface area contributed by atoms with E-state index in [0.29, 0.717) is 18.3 Å². The minimum absolute atomic E-state index is 0.268. The van der Waals surface area contributed by atoms with Crippen molar-refractivity contribution in [3.8, 4) is 0 Å². The Kier molecular flexibility index (Phi) is 2.52. The molecule has 0 saturated heterocycles. The van der Waals surface area contributed by atoms with Crippen LogP contribution in [0.2, 0.25) is 0 Å². The van der Waals surface area contributed by atoms with Crippen LogP contribution in [0.3, 0.4) is 0 Å². The third-order valence-electron chi connectivity index (χ3n) is 2.48. The van der Waals surface area contributed by atoms with E-state index in [1.165, 1.54) is 4.80 Å². The van der Waals surface area contributed by atoms with Gasteiger partial charge in [0.2, 0.25) is 11.8 Å². The average molecular weight is 244 g/mol. The Hall–Kier alpha value is -2.28. The van der Waals surface area contributed by atoms with E-state index in [4.69, 9.17) is 10.2 Å². The molecule has 0 amide bonds. The van der Waals surface area contributed by atoms with Crippen LogP contribution in [-0.2, 0) is 6.54 Å². The molecule has 92 valence electrons. The van der Waals surface area contributed by atoms with Gasteiger partial charge in [0.1, 0.15) is 17.6 Å². The van der Waals surface area contributed by atoms with Crippen molar-refractivity contribution < 1.29 is 4.42 Å². The van der Waals surface area contributed by atoms with Crippen molar-refractivity contribution in [2.24, 2.45) is 5.73 Å². The van der Waals surface area contributed by atoms with Gasteiger partial charge in [0, 0.05) is 0 Å². The first-order valence-corrected chi connectivity index (χ1v) is 5.60. The Morgan fingerprint density at radius 2 is 1.89 bits per heavy atom. The molecule has 3 aromatic rings. The minimum Gasteiger partial charge on any atom is -0.421 e. The number of benzene rings is 1. The highest BCUT2D eigenvalue weighted by Gasteiger charge is 2.11. The molecule has 1 atom stereocenters. The van der Waals surface area contributed by atoms with E-state index < -0.39 is 0 Å². The SMILES string of the molecule is CC(N)c1nnc(Cn2nc3ccccc3n2)o1. The first kappa shape index (κ1) is 10.8. The Morgan fingerprint density at radius 3 is 2.44 bits per heavy atom. The number of nitrogens with two attached hydrogens (primary N) is 1. The van der Waals surface area contributed by atoms with Gasteiger partial charge < -0.3 is 10.2 Å². The topological polar surface area (TPSA) is 95.7 Å². The molecule has 1 unspecified atom stereocenters. The molecule has 0 fully saturated rings. The van der Waals surface area contributed by atoms with Gasteiger partial charge in [-0.1, -0.05) is 12.1 Å². The van der Waals surface area contributed by atoms with Crippen LogP contribution < -0.4 is 5.73 Å². The van der Waals surface area contributed by atoms with Crippen LogP contribution in [0, 0.1) is 0 Å². The fourth-order valence-corrected chi connectivity index (χ4v) is 1.61. The fraction of sp³-hybridized carbons (Fsp3) is 0.273. The molecular weight excluding hydrogens is 232 g/mol.